The largest absolute Gasteiger partial charge is 0.483 e. The van der Waals surface area contributed by atoms with Crippen molar-refractivity contribution in [2.45, 2.75) is 6.92 Å². The van der Waals surface area contributed by atoms with Gasteiger partial charge in [0.1, 0.15) is 5.75 Å². The molecule has 0 saturated carbocycles. The van der Waals surface area contributed by atoms with Gasteiger partial charge in [-0.1, -0.05) is 30.3 Å². The van der Waals surface area contributed by atoms with E-state index in [9.17, 15) is 14.4 Å². The SMILES string of the molecule is CC(=O)Nc1ccc(C(=O)NNC(=S)NC(=O)COc2ccc3ccccc3c2Br)cc1. The number of benzene rings is 3. The van der Waals surface area contributed by atoms with Crippen LogP contribution < -0.4 is 26.2 Å². The Morgan fingerprint density at radius 2 is 1.69 bits per heavy atom. The minimum absolute atomic E-state index is 0.0839. The zero-order valence-electron chi connectivity index (χ0n) is 16.9. The molecule has 10 heteroatoms. The van der Waals surface area contributed by atoms with E-state index in [2.05, 4.69) is 37.4 Å². The van der Waals surface area contributed by atoms with Gasteiger partial charge < -0.3 is 10.1 Å². The lowest BCUT2D eigenvalue weighted by atomic mass is 10.1. The van der Waals surface area contributed by atoms with Crippen LogP contribution in [-0.2, 0) is 9.59 Å². The van der Waals surface area contributed by atoms with Crippen molar-refractivity contribution in [3.05, 3.63) is 70.7 Å². The molecule has 0 heterocycles. The Balaban J connectivity index is 1.46. The minimum Gasteiger partial charge on any atom is -0.483 e. The first-order chi connectivity index (χ1) is 15.3. The summed E-state index contributed by atoms with van der Waals surface area (Å²) in [6.07, 6.45) is 0. The molecular formula is C22H19BrN4O4S. The molecule has 8 nitrogen and oxygen atoms in total. The Morgan fingerprint density at radius 1 is 0.969 bits per heavy atom. The van der Waals surface area contributed by atoms with Crippen LogP contribution in [-0.4, -0.2) is 29.4 Å². The minimum atomic E-state index is -0.489. The molecule has 0 spiro atoms. The fraction of sp³-hybridized carbons (Fsp3) is 0.0909. The Kier molecular flexibility index (Phi) is 7.74. The van der Waals surface area contributed by atoms with Crippen molar-refractivity contribution in [2.75, 3.05) is 11.9 Å². The fourth-order valence-corrected chi connectivity index (χ4v) is 3.53. The van der Waals surface area contributed by atoms with E-state index in [1.54, 1.807) is 30.3 Å². The van der Waals surface area contributed by atoms with E-state index in [0.717, 1.165) is 15.2 Å². The van der Waals surface area contributed by atoms with Crippen molar-refractivity contribution in [2.24, 2.45) is 0 Å². The quantitative estimate of drug-likeness (QED) is 0.307. The molecule has 0 fully saturated rings. The summed E-state index contributed by atoms with van der Waals surface area (Å²) in [6.45, 7) is 1.13. The second kappa shape index (κ2) is 10.7. The number of amides is 3. The highest BCUT2D eigenvalue weighted by atomic mass is 79.9. The molecule has 0 aromatic heterocycles. The molecule has 3 aromatic rings. The number of nitrogens with one attached hydrogen (secondary N) is 4. The third-order valence-electron chi connectivity index (χ3n) is 4.20. The number of carbonyl (C=O) groups excluding carboxylic acids is 3. The van der Waals surface area contributed by atoms with Gasteiger partial charge in [-0.15, -0.1) is 0 Å². The Morgan fingerprint density at radius 3 is 2.41 bits per heavy atom. The standard InChI is InChI=1S/C22H19BrN4O4S/c1-13(28)24-16-9-6-15(7-10-16)21(30)26-27-22(32)25-19(29)12-31-18-11-8-14-4-2-3-5-17(14)20(18)23/h2-11H,12H2,1H3,(H,24,28)(H,26,30)(H2,25,27,29,32). The molecule has 0 aliphatic heterocycles. The number of hydrazine groups is 1. The maximum absolute atomic E-state index is 12.2. The molecule has 0 atom stereocenters. The van der Waals surface area contributed by atoms with Crippen molar-refractivity contribution >= 4 is 67.4 Å². The zero-order valence-corrected chi connectivity index (χ0v) is 19.3. The first-order valence-corrected chi connectivity index (χ1v) is 10.6. The number of hydrogen-bond acceptors (Lipinski definition) is 5. The summed E-state index contributed by atoms with van der Waals surface area (Å²) in [5, 5.41) is 6.96. The Hall–Kier alpha value is -3.50. The third kappa shape index (κ3) is 6.25. The molecule has 3 amide bonds. The lowest BCUT2D eigenvalue weighted by Crippen LogP contribution is -2.49. The van der Waals surface area contributed by atoms with E-state index in [0.29, 0.717) is 17.0 Å². The summed E-state index contributed by atoms with van der Waals surface area (Å²) in [7, 11) is 0. The van der Waals surface area contributed by atoms with Crippen LogP contribution in [0.2, 0.25) is 0 Å². The molecule has 0 saturated heterocycles. The van der Waals surface area contributed by atoms with Crippen LogP contribution in [0.15, 0.2) is 65.1 Å². The number of ether oxygens (including phenoxy) is 1. The highest BCUT2D eigenvalue weighted by Gasteiger charge is 2.11. The van der Waals surface area contributed by atoms with E-state index in [1.807, 2.05) is 30.3 Å². The van der Waals surface area contributed by atoms with Gasteiger partial charge in [0, 0.05) is 18.2 Å². The van der Waals surface area contributed by atoms with E-state index >= 15 is 0 Å². The van der Waals surface area contributed by atoms with E-state index in [1.165, 1.54) is 6.92 Å². The first-order valence-electron chi connectivity index (χ1n) is 9.41. The Labute approximate surface area is 197 Å². The number of halogens is 1. The predicted octanol–water partition coefficient (Wildman–Crippen LogP) is 3.28. The molecule has 3 aromatic carbocycles. The smallest absolute Gasteiger partial charge is 0.269 e. The first kappa shape index (κ1) is 23.2. The monoisotopic (exact) mass is 514 g/mol. The molecule has 3 rings (SSSR count). The number of fused-ring (bicyclic) bond motifs is 1. The van der Waals surface area contributed by atoms with Gasteiger partial charge in [0.05, 0.1) is 4.47 Å². The molecule has 164 valence electrons. The Bertz CT molecular complexity index is 1180. The van der Waals surface area contributed by atoms with Crippen LogP contribution in [0.25, 0.3) is 10.8 Å². The second-order valence-corrected chi connectivity index (χ2v) is 7.80. The van der Waals surface area contributed by atoms with Gasteiger partial charge in [-0.05, 0) is 69.3 Å². The second-order valence-electron chi connectivity index (χ2n) is 6.60. The number of hydrogen-bond donors (Lipinski definition) is 4. The average molecular weight is 515 g/mol. The normalized spacial score (nSPS) is 10.2. The van der Waals surface area contributed by atoms with Gasteiger partial charge in [0.25, 0.3) is 11.8 Å². The summed E-state index contributed by atoms with van der Waals surface area (Å²) >= 11 is 8.52. The van der Waals surface area contributed by atoms with Crippen molar-refractivity contribution in [1.82, 2.24) is 16.2 Å². The molecule has 0 aliphatic carbocycles. The van der Waals surface area contributed by atoms with E-state index in [-0.39, 0.29) is 17.6 Å². The summed E-state index contributed by atoms with van der Waals surface area (Å²) < 4.78 is 6.33. The van der Waals surface area contributed by atoms with Crippen molar-refractivity contribution < 1.29 is 19.1 Å². The number of anilines is 1. The molecule has 32 heavy (non-hydrogen) atoms. The molecule has 0 radical (unpaired) electrons. The van der Waals surface area contributed by atoms with E-state index in [4.69, 9.17) is 17.0 Å². The fourth-order valence-electron chi connectivity index (χ4n) is 2.76. The van der Waals surface area contributed by atoms with Crippen molar-refractivity contribution in [1.29, 1.82) is 0 Å². The lowest BCUT2D eigenvalue weighted by Gasteiger charge is -2.13. The maximum Gasteiger partial charge on any atom is 0.269 e. The van der Waals surface area contributed by atoms with Crippen molar-refractivity contribution in [3.8, 4) is 5.75 Å². The summed E-state index contributed by atoms with van der Waals surface area (Å²) in [4.78, 5) is 35.3. The topological polar surface area (TPSA) is 109 Å². The molecule has 0 unspecified atom stereocenters. The lowest BCUT2D eigenvalue weighted by molar-refractivity contribution is -0.121. The number of carbonyl (C=O) groups is 3. The highest BCUT2D eigenvalue weighted by molar-refractivity contribution is 9.10. The van der Waals surface area contributed by atoms with Gasteiger partial charge in [0.2, 0.25) is 5.91 Å². The summed E-state index contributed by atoms with van der Waals surface area (Å²) in [5.74, 6) is -0.639. The average Bonchev–Trinajstić information content (AvgIpc) is 2.77. The van der Waals surface area contributed by atoms with Gasteiger partial charge in [-0.3, -0.25) is 30.6 Å². The van der Waals surface area contributed by atoms with Gasteiger partial charge in [-0.2, -0.15) is 0 Å². The van der Waals surface area contributed by atoms with E-state index < -0.39 is 11.8 Å². The van der Waals surface area contributed by atoms with Gasteiger partial charge in [0.15, 0.2) is 11.7 Å². The van der Waals surface area contributed by atoms with Crippen molar-refractivity contribution in [3.63, 3.8) is 0 Å². The van der Waals surface area contributed by atoms with Gasteiger partial charge in [-0.25, -0.2) is 0 Å². The molecule has 0 bridgehead atoms. The third-order valence-corrected chi connectivity index (χ3v) is 5.22. The summed E-state index contributed by atoms with van der Waals surface area (Å²) in [5.41, 5.74) is 5.75. The summed E-state index contributed by atoms with van der Waals surface area (Å²) in [6, 6.07) is 17.7. The van der Waals surface area contributed by atoms with Crippen LogP contribution in [0.3, 0.4) is 0 Å². The highest BCUT2D eigenvalue weighted by Crippen LogP contribution is 2.32. The maximum atomic E-state index is 12.2. The van der Waals surface area contributed by atoms with Crippen LogP contribution in [0.1, 0.15) is 17.3 Å². The van der Waals surface area contributed by atoms with Crippen LogP contribution in [0, 0.1) is 0 Å². The van der Waals surface area contributed by atoms with Crippen LogP contribution in [0.4, 0.5) is 5.69 Å². The number of rotatable bonds is 5. The zero-order chi connectivity index (χ0) is 23.1. The number of thiocarbonyl (C=S) groups is 1. The van der Waals surface area contributed by atoms with Crippen LogP contribution in [0.5, 0.6) is 5.75 Å². The molecular weight excluding hydrogens is 496 g/mol. The van der Waals surface area contributed by atoms with Crippen LogP contribution >= 0.6 is 28.1 Å². The van der Waals surface area contributed by atoms with Gasteiger partial charge >= 0.3 is 0 Å². The molecule has 4 N–H and O–H groups in total. The predicted molar refractivity (Wildman–Crippen MR) is 129 cm³/mol. The molecule has 0 aliphatic rings.